The molecule has 0 spiro atoms. The van der Waals surface area contributed by atoms with Crippen LogP contribution >= 0.6 is 0 Å². The van der Waals surface area contributed by atoms with Gasteiger partial charge >= 0.3 is 6.09 Å². The molecule has 0 bridgehead atoms. The Balaban J connectivity index is 2.42. The van der Waals surface area contributed by atoms with Gasteiger partial charge in [0.2, 0.25) is 0 Å². The van der Waals surface area contributed by atoms with E-state index in [-0.39, 0.29) is 12.6 Å². The van der Waals surface area contributed by atoms with Crippen molar-refractivity contribution in [3.05, 3.63) is 30.3 Å². The van der Waals surface area contributed by atoms with Gasteiger partial charge in [-0.3, -0.25) is 0 Å². The van der Waals surface area contributed by atoms with Crippen LogP contribution in [0, 0.1) is 0 Å². The van der Waals surface area contributed by atoms with E-state index in [1.807, 2.05) is 6.07 Å². The maximum absolute atomic E-state index is 11.5. The second kappa shape index (κ2) is 7.65. The highest BCUT2D eigenvalue weighted by Crippen LogP contribution is 2.08. The standard InChI is InChI=1S/C12H17NO4/c1-16-9-10(7-8-14)13-12(15)17-11-5-3-2-4-6-11/h2-6,10,14H,7-9H2,1H3,(H,13,15). The SMILES string of the molecule is COCC(CCO)NC(=O)Oc1ccccc1. The van der Waals surface area contributed by atoms with Crippen molar-refractivity contribution in [3.8, 4) is 5.75 Å². The molecule has 0 fully saturated rings. The van der Waals surface area contributed by atoms with Crippen LogP contribution in [0.25, 0.3) is 0 Å². The van der Waals surface area contributed by atoms with Crippen LogP contribution in [0.3, 0.4) is 0 Å². The van der Waals surface area contributed by atoms with Gasteiger partial charge in [-0.2, -0.15) is 0 Å². The van der Waals surface area contributed by atoms with Crippen LogP contribution in [0.15, 0.2) is 30.3 Å². The molecule has 0 aliphatic rings. The van der Waals surface area contributed by atoms with Crippen molar-refractivity contribution < 1.29 is 19.4 Å². The number of hydrogen-bond donors (Lipinski definition) is 2. The van der Waals surface area contributed by atoms with Gasteiger partial charge in [-0.05, 0) is 18.6 Å². The molecular formula is C12H17NO4. The molecule has 1 aromatic carbocycles. The molecule has 0 saturated carbocycles. The lowest BCUT2D eigenvalue weighted by Gasteiger charge is -2.16. The van der Waals surface area contributed by atoms with E-state index in [0.717, 1.165) is 0 Å². The minimum Gasteiger partial charge on any atom is -0.410 e. The number of ether oxygens (including phenoxy) is 2. The normalized spacial score (nSPS) is 11.9. The molecule has 1 rings (SSSR count). The number of hydrogen-bond acceptors (Lipinski definition) is 4. The quantitative estimate of drug-likeness (QED) is 0.782. The highest BCUT2D eigenvalue weighted by Gasteiger charge is 2.12. The van der Waals surface area contributed by atoms with E-state index in [2.05, 4.69) is 5.32 Å². The first kappa shape index (κ1) is 13.5. The third-order valence-electron chi connectivity index (χ3n) is 2.12. The third kappa shape index (κ3) is 5.33. The number of rotatable bonds is 6. The minimum atomic E-state index is -0.549. The molecule has 2 N–H and O–H groups in total. The molecule has 1 atom stereocenters. The van der Waals surface area contributed by atoms with Gasteiger partial charge in [0.25, 0.3) is 0 Å². The Bertz CT molecular complexity index is 323. The summed E-state index contributed by atoms with van der Waals surface area (Å²) in [6.07, 6.45) is -0.121. The lowest BCUT2D eigenvalue weighted by molar-refractivity contribution is 0.140. The number of carbonyl (C=O) groups excluding carboxylic acids is 1. The summed E-state index contributed by atoms with van der Waals surface area (Å²) >= 11 is 0. The van der Waals surface area contributed by atoms with Crippen molar-refractivity contribution in [2.45, 2.75) is 12.5 Å². The van der Waals surface area contributed by atoms with Gasteiger partial charge in [0, 0.05) is 13.7 Å². The molecule has 1 unspecified atom stereocenters. The molecule has 0 aliphatic carbocycles. The van der Waals surface area contributed by atoms with Crippen LogP contribution in [0.4, 0.5) is 4.79 Å². The van der Waals surface area contributed by atoms with Gasteiger partial charge in [0.1, 0.15) is 5.75 Å². The lowest BCUT2D eigenvalue weighted by Crippen LogP contribution is -2.40. The number of methoxy groups -OCH3 is 1. The molecule has 1 aromatic rings. The van der Waals surface area contributed by atoms with E-state index in [0.29, 0.717) is 18.8 Å². The zero-order valence-corrected chi connectivity index (χ0v) is 9.76. The highest BCUT2D eigenvalue weighted by molar-refractivity contribution is 5.70. The number of aliphatic hydroxyl groups is 1. The van der Waals surface area contributed by atoms with Gasteiger partial charge in [0.05, 0.1) is 12.6 Å². The zero-order valence-electron chi connectivity index (χ0n) is 9.76. The zero-order chi connectivity index (χ0) is 12.5. The third-order valence-corrected chi connectivity index (χ3v) is 2.12. The largest absolute Gasteiger partial charge is 0.412 e. The molecular weight excluding hydrogens is 222 g/mol. The first-order valence-corrected chi connectivity index (χ1v) is 5.39. The van der Waals surface area contributed by atoms with E-state index in [1.54, 1.807) is 24.3 Å². The summed E-state index contributed by atoms with van der Waals surface area (Å²) < 4.78 is 9.98. The number of amides is 1. The Labute approximate surface area is 100 Å². The Hall–Kier alpha value is -1.59. The molecule has 0 heterocycles. The summed E-state index contributed by atoms with van der Waals surface area (Å²) in [5, 5.41) is 11.4. The Morgan fingerprint density at radius 3 is 2.71 bits per heavy atom. The number of benzene rings is 1. The average molecular weight is 239 g/mol. The Morgan fingerprint density at radius 2 is 2.12 bits per heavy atom. The first-order chi connectivity index (χ1) is 8.26. The van der Waals surface area contributed by atoms with Crippen LogP contribution in [-0.4, -0.2) is 37.6 Å². The topological polar surface area (TPSA) is 67.8 Å². The monoisotopic (exact) mass is 239 g/mol. The maximum atomic E-state index is 11.5. The second-order valence-corrected chi connectivity index (χ2v) is 3.51. The summed E-state index contributed by atoms with van der Waals surface area (Å²) in [5.41, 5.74) is 0. The molecule has 17 heavy (non-hydrogen) atoms. The Kier molecular flexibility index (Phi) is 6.06. The van der Waals surface area contributed by atoms with Crippen molar-refractivity contribution in [1.82, 2.24) is 5.32 Å². The van der Waals surface area contributed by atoms with Gasteiger partial charge in [-0.15, -0.1) is 0 Å². The van der Waals surface area contributed by atoms with E-state index < -0.39 is 6.09 Å². The fourth-order valence-electron chi connectivity index (χ4n) is 1.35. The fourth-order valence-corrected chi connectivity index (χ4v) is 1.35. The summed E-state index contributed by atoms with van der Waals surface area (Å²) in [6.45, 7) is 0.324. The van der Waals surface area contributed by atoms with Gasteiger partial charge in [-0.1, -0.05) is 18.2 Å². The van der Waals surface area contributed by atoms with Crippen LogP contribution in [0.1, 0.15) is 6.42 Å². The van der Waals surface area contributed by atoms with Gasteiger partial charge < -0.3 is 19.9 Å². The van der Waals surface area contributed by atoms with E-state index >= 15 is 0 Å². The summed E-state index contributed by atoms with van der Waals surface area (Å²) in [6, 6.07) is 8.53. The number of para-hydroxylation sites is 1. The molecule has 0 aliphatic heterocycles. The predicted octanol–water partition coefficient (Wildman–Crippen LogP) is 1.17. The fraction of sp³-hybridized carbons (Fsp3) is 0.417. The van der Waals surface area contributed by atoms with Crippen molar-refractivity contribution >= 4 is 6.09 Å². The van der Waals surface area contributed by atoms with Crippen molar-refractivity contribution in [2.24, 2.45) is 0 Å². The molecule has 94 valence electrons. The second-order valence-electron chi connectivity index (χ2n) is 3.51. The number of aliphatic hydroxyl groups excluding tert-OH is 1. The minimum absolute atomic E-state index is 0.0142. The molecule has 0 saturated heterocycles. The van der Waals surface area contributed by atoms with Crippen molar-refractivity contribution in [2.75, 3.05) is 20.3 Å². The highest BCUT2D eigenvalue weighted by atomic mass is 16.6. The molecule has 1 amide bonds. The van der Waals surface area contributed by atoms with Crippen LogP contribution in [0.2, 0.25) is 0 Å². The lowest BCUT2D eigenvalue weighted by atomic mass is 10.2. The Morgan fingerprint density at radius 1 is 1.41 bits per heavy atom. The first-order valence-electron chi connectivity index (χ1n) is 5.39. The summed E-state index contributed by atoms with van der Waals surface area (Å²) in [5.74, 6) is 0.477. The molecule has 0 radical (unpaired) electrons. The maximum Gasteiger partial charge on any atom is 0.412 e. The van der Waals surface area contributed by atoms with Gasteiger partial charge in [0.15, 0.2) is 0 Å². The van der Waals surface area contributed by atoms with Crippen LogP contribution in [-0.2, 0) is 4.74 Å². The van der Waals surface area contributed by atoms with Crippen LogP contribution < -0.4 is 10.1 Å². The van der Waals surface area contributed by atoms with E-state index in [9.17, 15) is 4.79 Å². The van der Waals surface area contributed by atoms with Crippen LogP contribution in [0.5, 0.6) is 5.75 Å². The summed E-state index contributed by atoms with van der Waals surface area (Å²) in [4.78, 5) is 11.5. The number of carbonyl (C=O) groups is 1. The van der Waals surface area contributed by atoms with Gasteiger partial charge in [-0.25, -0.2) is 4.79 Å². The van der Waals surface area contributed by atoms with Crippen molar-refractivity contribution in [1.29, 1.82) is 0 Å². The smallest absolute Gasteiger partial charge is 0.410 e. The average Bonchev–Trinajstić information content (AvgIpc) is 2.30. The summed E-state index contributed by atoms with van der Waals surface area (Å²) in [7, 11) is 1.54. The van der Waals surface area contributed by atoms with E-state index in [4.69, 9.17) is 14.6 Å². The molecule has 5 heteroatoms. The van der Waals surface area contributed by atoms with E-state index in [1.165, 1.54) is 7.11 Å². The number of nitrogens with one attached hydrogen (secondary N) is 1. The predicted molar refractivity (Wildman–Crippen MR) is 63.0 cm³/mol. The molecule has 5 nitrogen and oxygen atoms in total. The molecule has 0 aromatic heterocycles. The van der Waals surface area contributed by atoms with Crippen molar-refractivity contribution in [3.63, 3.8) is 0 Å².